The molecule has 0 saturated heterocycles. The van der Waals surface area contributed by atoms with E-state index in [1.54, 1.807) is 0 Å². The molecule has 1 aromatic rings. The molecule has 0 fully saturated rings. The molecule has 0 saturated carbocycles. The number of hydrogen-bond acceptors (Lipinski definition) is 4. The SMILES string of the molecule is COc1nccnc1C#CCO. The first-order valence-corrected chi connectivity index (χ1v) is 3.33. The lowest BCUT2D eigenvalue weighted by molar-refractivity contribution is 0.350. The van der Waals surface area contributed by atoms with E-state index in [1.807, 2.05) is 0 Å². The second kappa shape index (κ2) is 4.31. The molecule has 4 nitrogen and oxygen atoms in total. The average molecular weight is 164 g/mol. The number of aliphatic hydroxyl groups is 1. The van der Waals surface area contributed by atoms with Crippen molar-refractivity contribution in [2.24, 2.45) is 0 Å². The van der Waals surface area contributed by atoms with E-state index in [0.717, 1.165) is 0 Å². The lowest BCUT2D eigenvalue weighted by atomic mass is 10.4. The first-order chi connectivity index (χ1) is 5.88. The van der Waals surface area contributed by atoms with E-state index in [9.17, 15) is 0 Å². The number of rotatable bonds is 1. The highest BCUT2D eigenvalue weighted by molar-refractivity contribution is 5.35. The van der Waals surface area contributed by atoms with Crippen LogP contribution in [0.2, 0.25) is 0 Å². The third-order valence-electron chi connectivity index (χ3n) is 1.14. The molecule has 0 atom stereocenters. The molecule has 1 N–H and O–H groups in total. The molecule has 0 aliphatic carbocycles. The zero-order chi connectivity index (χ0) is 8.81. The summed E-state index contributed by atoms with van der Waals surface area (Å²) in [6.07, 6.45) is 3.03. The van der Waals surface area contributed by atoms with Crippen molar-refractivity contribution in [1.82, 2.24) is 9.97 Å². The Balaban J connectivity index is 2.97. The third kappa shape index (κ3) is 1.94. The molecule has 62 valence electrons. The van der Waals surface area contributed by atoms with Gasteiger partial charge in [0, 0.05) is 12.4 Å². The van der Waals surface area contributed by atoms with Crippen molar-refractivity contribution in [2.75, 3.05) is 13.7 Å². The lowest BCUT2D eigenvalue weighted by Crippen LogP contribution is -1.93. The Bertz CT molecular complexity index is 314. The van der Waals surface area contributed by atoms with Gasteiger partial charge in [0.25, 0.3) is 0 Å². The van der Waals surface area contributed by atoms with E-state index in [2.05, 4.69) is 21.8 Å². The number of ether oxygens (including phenoxy) is 1. The maximum absolute atomic E-state index is 8.43. The fourth-order valence-corrected chi connectivity index (χ4v) is 0.684. The fourth-order valence-electron chi connectivity index (χ4n) is 0.684. The summed E-state index contributed by atoms with van der Waals surface area (Å²) in [6.45, 7) is -0.195. The number of hydrogen-bond donors (Lipinski definition) is 1. The molecule has 1 aromatic heterocycles. The number of nitrogens with zero attached hydrogens (tertiary/aromatic N) is 2. The third-order valence-corrected chi connectivity index (χ3v) is 1.14. The molecule has 4 heteroatoms. The van der Waals surface area contributed by atoms with Gasteiger partial charge in [-0.1, -0.05) is 5.92 Å². The van der Waals surface area contributed by atoms with E-state index in [4.69, 9.17) is 9.84 Å². The minimum Gasteiger partial charge on any atom is -0.479 e. The summed E-state index contributed by atoms with van der Waals surface area (Å²) >= 11 is 0. The topological polar surface area (TPSA) is 55.2 Å². The molecule has 0 aliphatic rings. The fraction of sp³-hybridized carbons (Fsp3) is 0.250. The molecule has 0 bridgehead atoms. The molecule has 1 rings (SSSR count). The minimum atomic E-state index is -0.195. The Hall–Kier alpha value is -1.60. The van der Waals surface area contributed by atoms with E-state index in [0.29, 0.717) is 11.6 Å². The Labute approximate surface area is 70.2 Å². The molecule has 0 amide bonds. The molecule has 12 heavy (non-hydrogen) atoms. The summed E-state index contributed by atoms with van der Waals surface area (Å²) in [5, 5.41) is 8.43. The van der Waals surface area contributed by atoms with E-state index in [-0.39, 0.29) is 6.61 Å². The maximum Gasteiger partial charge on any atom is 0.248 e. The molecular formula is C8H8N2O2. The highest BCUT2D eigenvalue weighted by Crippen LogP contribution is 2.07. The normalized spacial score (nSPS) is 8.50. The standard InChI is InChI=1S/C8H8N2O2/c1-12-8-7(3-2-6-11)9-4-5-10-8/h4-5,11H,6H2,1H3. The van der Waals surface area contributed by atoms with Gasteiger partial charge < -0.3 is 9.84 Å². The quantitative estimate of drug-likeness (QED) is 0.585. The van der Waals surface area contributed by atoms with Gasteiger partial charge in [-0.3, -0.25) is 0 Å². The van der Waals surface area contributed by atoms with Crippen LogP contribution >= 0.6 is 0 Å². The van der Waals surface area contributed by atoms with Crippen LogP contribution in [0.1, 0.15) is 5.69 Å². The second-order valence-corrected chi connectivity index (χ2v) is 1.87. The number of aromatic nitrogens is 2. The van der Waals surface area contributed by atoms with Crippen LogP contribution in [0.5, 0.6) is 5.88 Å². The van der Waals surface area contributed by atoms with Crippen LogP contribution in [0, 0.1) is 11.8 Å². The van der Waals surface area contributed by atoms with Crippen molar-refractivity contribution in [3.63, 3.8) is 0 Å². The first-order valence-electron chi connectivity index (χ1n) is 3.33. The predicted octanol–water partition coefficient (Wildman–Crippen LogP) is -0.171. The summed E-state index contributed by atoms with van der Waals surface area (Å²) in [7, 11) is 1.49. The predicted molar refractivity (Wildman–Crippen MR) is 42.5 cm³/mol. The first kappa shape index (κ1) is 8.50. The van der Waals surface area contributed by atoms with Crippen LogP contribution in [-0.2, 0) is 0 Å². The molecule has 0 radical (unpaired) electrons. The molecular weight excluding hydrogens is 156 g/mol. The maximum atomic E-state index is 8.43. The van der Waals surface area contributed by atoms with Gasteiger partial charge >= 0.3 is 0 Å². The van der Waals surface area contributed by atoms with Crippen LogP contribution in [-0.4, -0.2) is 28.8 Å². The number of methoxy groups -OCH3 is 1. The van der Waals surface area contributed by atoms with Crippen molar-refractivity contribution in [3.05, 3.63) is 18.1 Å². The minimum absolute atomic E-state index is 0.195. The Kier molecular flexibility index (Phi) is 3.05. The van der Waals surface area contributed by atoms with Crippen molar-refractivity contribution < 1.29 is 9.84 Å². The highest BCUT2D eigenvalue weighted by Gasteiger charge is 1.99. The Morgan fingerprint density at radius 3 is 2.92 bits per heavy atom. The van der Waals surface area contributed by atoms with Gasteiger partial charge in [0.05, 0.1) is 7.11 Å². The van der Waals surface area contributed by atoms with Gasteiger partial charge in [-0.15, -0.1) is 0 Å². The molecule has 0 spiro atoms. The van der Waals surface area contributed by atoms with Gasteiger partial charge in [0.2, 0.25) is 5.88 Å². The molecule has 1 heterocycles. The lowest BCUT2D eigenvalue weighted by Gasteiger charge is -1.97. The Morgan fingerprint density at radius 2 is 2.25 bits per heavy atom. The van der Waals surface area contributed by atoms with Gasteiger partial charge in [-0.25, -0.2) is 9.97 Å². The van der Waals surface area contributed by atoms with Crippen LogP contribution in [0.4, 0.5) is 0 Å². The molecule has 0 aliphatic heterocycles. The van der Waals surface area contributed by atoms with Crippen LogP contribution < -0.4 is 4.74 Å². The van der Waals surface area contributed by atoms with Crippen LogP contribution in [0.3, 0.4) is 0 Å². The largest absolute Gasteiger partial charge is 0.479 e. The summed E-state index contributed by atoms with van der Waals surface area (Å²) in [5.74, 6) is 5.45. The van der Waals surface area contributed by atoms with Crippen molar-refractivity contribution in [3.8, 4) is 17.7 Å². The molecule has 0 unspecified atom stereocenters. The monoisotopic (exact) mass is 164 g/mol. The van der Waals surface area contributed by atoms with Crippen LogP contribution in [0.15, 0.2) is 12.4 Å². The van der Waals surface area contributed by atoms with Gasteiger partial charge in [-0.05, 0) is 5.92 Å². The van der Waals surface area contributed by atoms with Gasteiger partial charge in [0.1, 0.15) is 6.61 Å². The van der Waals surface area contributed by atoms with Gasteiger partial charge in [0.15, 0.2) is 5.69 Å². The molecule has 0 aromatic carbocycles. The smallest absolute Gasteiger partial charge is 0.248 e. The van der Waals surface area contributed by atoms with Crippen LogP contribution in [0.25, 0.3) is 0 Å². The van der Waals surface area contributed by atoms with Crippen molar-refractivity contribution >= 4 is 0 Å². The zero-order valence-corrected chi connectivity index (χ0v) is 6.61. The summed E-state index contributed by atoms with van der Waals surface area (Å²) in [4.78, 5) is 7.80. The second-order valence-electron chi connectivity index (χ2n) is 1.87. The van der Waals surface area contributed by atoms with Crippen molar-refractivity contribution in [1.29, 1.82) is 0 Å². The van der Waals surface area contributed by atoms with E-state index < -0.39 is 0 Å². The summed E-state index contributed by atoms with van der Waals surface area (Å²) in [5.41, 5.74) is 0.439. The van der Waals surface area contributed by atoms with E-state index >= 15 is 0 Å². The highest BCUT2D eigenvalue weighted by atomic mass is 16.5. The van der Waals surface area contributed by atoms with Crippen molar-refractivity contribution in [2.45, 2.75) is 0 Å². The zero-order valence-electron chi connectivity index (χ0n) is 6.61. The van der Waals surface area contributed by atoms with E-state index in [1.165, 1.54) is 19.5 Å². The average Bonchev–Trinajstić information content (AvgIpc) is 2.15. The Morgan fingerprint density at radius 1 is 1.50 bits per heavy atom. The number of aliphatic hydroxyl groups excluding tert-OH is 1. The van der Waals surface area contributed by atoms with Gasteiger partial charge in [-0.2, -0.15) is 0 Å². The summed E-state index contributed by atoms with van der Waals surface area (Å²) < 4.78 is 4.88. The summed E-state index contributed by atoms with van der Waals surface area (Å²) in [6, 6.07) is 0.